The van der Waals surface area contributed by atoms with Crippen LogP contribution < -0.4 is 15.0 Å². The molecule has 0 radical (unpaired) electrons. The third-order valence-electron chi connectivity index (χ3n) is 6.22. The van der Waals surface area contributed by atoms with Crippen molar-refractivity contribution in [2.75, 3.05) is 16.8 Å². The highest BCUT2D eigenvalue weighted by molar-refractivity contribution is 6.34. The summed E-state index contributed by atoms with van der Waals surface area (Å²) in [7, 11) is 0. The van der Waals surface area contributed by atoms with Crippen LogP contribution in [0.25, 0.3) is 0 Å². The van der Waals surface area contributed by atoms with Crippen LogP contribution >= 0.6 is 11.6 Å². The molecule has 0 fully saturated rings. The zero-order valence-corrected chi connectivity index (χ0v) is 23.2. The third-order valence-corrected chi connectivity index (χ3v) is 6.52. The van der Waals surface area contributed by atoms with Gasteiger partial charge in [0.05, 0.1) is 21.8 Å². The Morgan fingerprint density at radius 2 is 1.43 bits per heavy atom. The molecule has 0 saturated carbocycles. The molecule has 0 saturated heterocycles. The number of carbonyl (C=O) groups excluding carboxylic acids is 2. The normalized spacial score (nSPS) is 12.7. The molecule has 250 valence electrons. The Hall–Kier alpha value is -4.22. The molecule has 46 heavy (non-hydrogen) atoms. The second-order valence-electron chi connectivity index (χ2n) is 9.08. The van der Waals surface area contributed by atoms with Gasteiger partial charge in [-0.05, 0) is 55.5 Å². The second-order valence-corrected chi connectivity index (χ2v) is 9.49. The molecule has 0 bridgehead atoms. The molecule has 3 aromatic carbocycles. The average molecular weight is 699 g/mol. The monoisotopic (exact) mass is 698 g/mol. The predicted molar refractivity (Wildman–Crippen MR) is 136 cm³/mol. The summed E-state index contributed by atoms with van der Waals surface area (Å²) in [6, 6.07) is 4.84. The number of hydrogen-bond acceptors (Lipinski definition) is 3. The smallest absolute Gasteiger partial charge is 0.433 e. The maximum Gasteiger partial charge on any atom is 0.435 e. The van der Waals surface area contributed by atoms with Gasteiger partial charge in [-0.1, -0.05) is 17.7 Å². The molecule has 3 aromatic rings. The van der Waals surface area contributed by atoms with Crippen LogP contribution in [0.5, 0.6) is 5.75 Å². The summed E-state index contributed by atoms with van der Waals surface area (Å²) >= 11 is 5.69. The van der Waals surface area contributed by atoms with Crippen LogP contribution in [0.2, 0.25) is 5.02 Å². The van der Waals surface area contributed by atoms with Crippen LogP contribution in [0.3, 0.4) is 0 Å². The Labute approximate surface area is 254 Å². The summed E-state index contributed by atoms with van der Waals surface area (Å²) in [5.41, 5.74) is -12.7. The number of rotatable bonds is 8. The fourth-order valence-electron chi connectivity index (χ4n) is 4.04. The SMILES string of the molecule is CCN(C(=O)c1ccc(C(F)(F)F)cc1)c1cccc(C(=O)Nc2c(Cl)cc(C(F)(C(F)(F)F)C(F)(F)F)cc2OC(F)F)c1F. The number of nitrogens with one attached hydrogen (secondary N) is 1. The third kappa shape index (κ3) is 7.10. The first-order valence-corrected chi connectivity index (χ1v) is 12.6. The highest BCUT2D eigenvalue weighted by atomic mass is 35.5. The molecule has 0 unspecified atom stereocenters. The van der Waals surface area contributed by atoms with Gasteiger partial charge in [0.1, 0.15) is 5.69 Å². The maximum absolute atomic E-state index is 15.6. The molecule has 1 N–H and O–H groups in total. The average Bonchev–Trinajstić information content (AvgIpc) is 2.93. The molecule has 0 atom stereocenters. The number of hydrogen-bond donors (Lipinski definition) is 1. The first kappa shape index (κ1) is 36.3. The Balaban J connectivity index is 2.04. The van der Waals surface area contributed by atoms with Crippen molar-refractivity contribution in [3.05, 3.63) is 87.7 Å². The number of halogens is 14. The minimum Gasteiger partial charge on any atom is -0.433 e. The minimum absolute atomic E-state index is 0.259. The fourth-order valence-corrected chi connectivity index (χ4v) is 4.30. The largest absolute Gasteiger partial charge is 0.435 e. The van der Waals surface area contributed by atoms with Crippen LogP contribution in [0, 0.1) is 5.82 Å². The Kier molecular flexibility index (Phi) is 10.2. The van der Waals surface area contributed by atoms with E-state index in [1.165, 1.54) is 6.92 Å². The van der Waals surface area contributed by atoms with Gasteiger partial charge in [0.15, 0.2) is 11.6 Å². The molecule has 0 aromatic heterocycles. The van der Waals surface area contributed by atoms with E-state index in [0.29, 0.717) is 17.0 Å². The van der Waals surface area contributed by atoms with Gasteiger partial charge in [-0.2, -0.15) is 48.3 Å². The van der Waals surface area contributed by atoms with Crippen molar-refractivity contribution in [1.82, 2.24) is 0 Å². The first-order valence-electron chi connectivity index (χ1n) is 12.2. The Morgan fingerprint density at radius 1 is 0.870 bits per heavy atom. The molecular weight excluding hydrogens is 683 g/mol. The quantitative estimate of drug-likeness (QED) is 0.239. The number of alkyl halides is 12. The van der Waals surface area contributed by atoms with Gasteiger partial charge in [-0.3, -0.25) is 9.59 Å². The zero-order valence-electron chi connectivity index (χ0n) is 22.4. The van der Waals surface area contributed by atoms with E-state index in [9.17, 15) is 62.3 Å². The topological polar surface area (TPSA) is 58.6 Å². The van der Waals surface area contributed by atoms with E-state index in [0.717, 1.165) is 30.3 Å². The lowest BCUT2D eigenvalue weighted by molar-refractivity contribution is -0.348. The predicted octanol–water partition coefficient (Wildman–Crippen LogP) is 9.31. The standard InChI is InChI=1S/C27H16ClF13N2O3/c1-2-43(22(45)12-6-8-13(9-7-12)25(33,34)35)17-5-3-4-15(19(17)29)21(44)42-20-16(28)10-14(11-18(20)46-23(30)31)24(32,26(36,37)38)27(39,40)41/h3-11,23H,2H2,1H3,(H,42,44). The summed E-state index contributed by atoms with van der Waals surface area (Å²) in [6.07, 6.45) is -18.1. The van der Waals surface area contributed by atoms with E-state index in [1.807, 2.05) is 0 Å². The number of nitrogens with zero attached hydrogens (tertiary/aromatic N) is 1. The van der Waals surface area contributed by atoms with Crippen molar-refractivity contribution in [3.8, 4) is 5.75 Å². The van der Waals surface area contributed by atoms with Crippen molar-refractivity contribution in [1.29, 1.82) is 0 Å². The highest BCUT2D eigenvalue weighted by Gasteiger charge is 2.73. The van der Waals surface area contributed by atoms with E-state index < -0.39 is 93.3 Å². The zero-order chi connectivity index (χ0) is 35.0. The van der Waals surface area contributed by atoms with Gasteiger partial charge in [0, 0.05) is 17.7 Å². The number of anilines is 2. The van der Waals surface area contributed by atoms with Crippen molar-refractivity contribution < 1.29 is 71.4 Å². The van der Waals surface area contributed by atoms with Gasteiger partial charge in [-0.25, -0.2) is 8.78 Å². The van der Waals surface area contributed by atoms with Crippen molar-refractivity contribution in [3.63, 3.8) is 0 Å². The summed E-state index contributed by atoms with van der Waals surface area (Å²) in [5.74, 6) is -5.78. The van der Waals surface area contributed by atoms with E-state index in [4.69, 9.17) is 11.6 Å². The van der Waals surface area contributed by atoms with Crippen LogP contribution in [-0.2, 0) is 11.8 Å². The number of amides is 2. The van der Waals surface area contributed by atoms with Crippen LogP contribution in [-0.4, -0.2) is 37.3 Å². The molecule has 2 amide bonds. The van der Waals surface area contributed by atoms with E-state index in [1.54, 1.807) is 5.32 Å². The Morgan fingerprint density at radius 3 is 1.91 bits per heavy atom. The van der Waals surface area contributed by atoms with Crippen LogP contribution in [0.1, 0.15) is 38.8 Å². The maximum atomic E-state index is 15.6. The number of ether oxygens (including phenoxy) is 1. The number of carbonyl (C=O) groups is 2. The minimum atomic E-state index is -6.67. The molecule has 0 spiro atoms. The molecule has 0 aliphatic heterocycles. The second kappa shape index (κ2) is 12.9. The summed E-state index contributed by atoms with van der Waals surface area (Å²) in [4.78, 5) is 26.7. The molecule has 5 nitrogen and oxygen atoms in total. The van der Waals surface area contributed by atoms with Gasteiger partial charge >= 0.3 is 30.8 Å². The molecule has 0 heterocycles. The summed E-state index contributed by atoms with van der Waals surface area (Å²) in [5, 5.41) is 0.339. The van der Waals surface area contributed by atoms with Crippen molar-refractivity contribution >= 4 is 34.8 Å². The van der Waals surface area contributed by atoms with E-state index in [-0.39, 0.29) is 18.2 Å². The molecule has 0 aliphatic rings. The van der Waals surface area contributed by atoms with Gasteiger partial charge in [0.2, 0.25) is 0 Å². The van der Waals surface area contributed by atoms with Crippen molar-refractivity contribution in [2.45, 2.75) is 37.7 Å². The highest BCUT2D eigenvalue weighted by Crippen LogP contribution is 2.55. The van der Waals surface area contributed by atoms with Gasteiger partial charge in [0.25, 0.3) is 11.8 Å². The van der Waals surface area contributed by atoms with E-state index >= 15 is 4.39 Å². The first-order chi connectivity index (χ1) is 21.0. The van der Waals surface area contributed by atoms with Crippen molar-refractivity contribution in [2.24, 2.45) is 0 Å². The molecule has 19 heteroatoms. The van der Waals surface area contributed by atoms with E-state index in [2.05, 4.69) is 4.74 Å². The summed E-state index contributed by atoms with van der Waals surface area (Å²) in [6.45, 7) is -2.94. The van der Waals surface area contributed by atoms with Crippen LogP contribution in [0.15, 0.2) is 54.6 Å². The fraction of sp³-hybridized carbons (Fsp3) is 0.259. The Bertz CT molecular complexity index is 1590. The lowest BCUT2D eigenvalue weighted by Gasteiger charge is -2.31. The summed E-state index contributed by atoms with van der Waals surface area (Å²) < 4.78 is 178. The van der Waals surface area contributed by atoms with Gasteiger partial charge < -0.3 is 15.0 Å². The lowest BCUT2D eigenvalue weighted by Crippen LogP contribution is -2.50. The van der Waals surface area contributed by atoms with Crippen LogP contribution in [0.4, 0.5) is 68.5 Å². The molecule has 3 rings (SSSR count). The van der Waals surface area contributed by atoms with Gasteiger partial charge in [-0.15, -0.1) is 0 Å². The lowest BCUT2D eigenvalue weighted by atomic mass is 9.93. The molecular formula is C27H16ClF13N2O3. The molecule has 0 aliphatic carbocycles. The number of benzene rings is 3.